The fourth-order valence-corrected chi connectivity index (χ4v) is 0.936. The monoisotopic (exact) mass is 195 g/mol. The number of aldehydes is 1. The van der Waals surface area contributed by atoms with E-state index in [4.69, 9.17) is 4.74 Å². The number of benzene rings is 1. The first-order valence-corrected chi connectivity index (χ1v) is 4.00. The molecule has 5 heteroatoms. The van der Waals surface area contributed by atoms with Crippen LogP contribution in [0.4, 0.5) is 5.69 Å². The second-order valence-corrected chi connectivity index (χ2v) is 2.68. The van der Waals surface area contributed by atoms with Crippen LogP contribution >= 0.6 is 0 Å². The van der Waals surface area contributed by atoms with Crippen molar-refractivity contribution in [3.05, 3.63) is 34.4 Å². The molecule has 74 valence electrons. The molecular formula is C9H9NO4. The summed E-state index contributed by atoms with van der Waals surface area (Å²) in [6, 6.07) is 5.93. The molecule has 0 saturated heterocycles. The third kappa shape index (κ3) is 2.29. The number of nitro groups is 1. The third-order valence-corrected chi connectivity index (χ3v) is 1.57. The summed E-state index contributed by atoms with van der Waals surface area (Å²) in [5.74, 6) is 0.108. The Morgan fingerprint density at radius 2 is 2.14 bits per heavy atom. The van der Waals surface area contributed by atoms with Gasteiger partial charge in [0.25, 0.3) is 0 Å². The molecule has 0 amide bonds. The average Bonchev–Trinajstić information content (AvgIpc) is 2.18. The number of ether oxygens (including phenoxy) is 1. The lowest BCUT2D eigenvalue weighted by molar-refractivity contribution is -0.386. The molecule has 0 fully saturated rings. The zero-order valence-corrected chi connectivity index (χ0v) is 7.54. The normalized spacial score (nSPS) is 11.8. The van der Waals surface area contributed by atoms with Gasteiger partial charge in [0, 0.05) is 6.07 Å². The maximum atomic E-state index is 10.5. The summed E-state index contributed by atoms with van der Waals surface area (Å²) in [5.41, 5.74) is -0.138. The fraction of sp³-hybridized carbons (Fsp3) is 0.222. The summed E-state index contributed by atoms with van der Waals surface area (Å²) in [5, 5.41) is 10.5. The fourth-order valence-electron chi connectivity index (χ4n) is 0.936. The van der Waals surface area contributed by atoms with E-state index in [0.29, 0.717) is 6.29 Å². The van der Waals surface area contributed by atoms with Crippen LogP contribution in [0.15, 0.2) is 24.3 Å². The van der Waals surface area contributed by atoms with E-state index in [0.717, 1.165) is 0 Å². The van der Waals surface area contributed by atoms with Gasteiger partial charge >= 0.3 is 5.69 Å². The van der Waals surface area contributed by atoms with Crippen molar-refractivity contribution >= 4 is 12.0 Å². The van der Waals surface area contributed by atoms with Crippen molar-refractivity contribution in [1.82, 2.24) is 0 Å². The van der Waals surface area contributed by atoms with Crippen molar-refractivity contribution in [1.29, 1.82) is 0 Å². The zero-order valence-electron chi connectivity index (χ0n) is 7.54. The second kappa shape index (κ2) is 4.36. The molecule has 0 heterocycles. The lowest BCUT2D eigenvalue weighted by Gasteiger charge is -2.07. The first-order chi connectivity index (χ1) is 6.65. The van der Waals surface area contributed by atoms with Gasteiger partial charge in [-0.15, -0.1) is 0 Å². The average molecular weight is 195 g/mol. The van der Waals surface area contributed by atoms with Gasteiger partial charge < -0.3 is 4.74 Å². The Morgan fingerprint density at radius 3 is 2.71 bits per heavy atom. The molecule has 1 unspecified atom stereocenters. The maximum absolute atomic E-state index is 10.5. The van der Waals surface area contributed by atoms with Gasteiger partial charge in [0.1, 0.15) is 0 Å². The summed E-state index contributed by atoms with van der Waals surface area (Å²) in [4.78, 5) is 20.3. The summed E-state index contributed by atoms with van der Waals surface area (Å²) >= 11 is 0. The number of nitrogens with zero attached hydrogens (tertiary/aromatic N) is 1. The van der Waals surface area contributed by atoms with Crippen LogP contribution in [0.2, 0.25) is 0 Å². The number of carbonyl (C=O) groups is 1. The standard InChI is InChI=1S/C9H9NO4/c1-7(6-11)14-9-5-3-2-4-8(9)10(12)13/h2-7H,1H3. The number of hydrogen-bond acceptors (Lipinski definition) is 4. The van der Waals surface area contributed by atoms with Crippen LogP contribution in [-0.2, 0) is 4.79 Å². The highest BCUT2D eigenvalue weighted by Gasteiger charge is 2.15. The predicted molar refractivity (Wildman–Crippen MR) is 49.3 cm³/mol. The molecule has 1 atom stereocenters. The Labute approximate surface area is 80.5 Å². The van der Waals surface area contributed by atoms with E-state index in [1.54, 1.807) is 6.07 Å². The van der Waals surface area contributed by atoms with E-state index in [9.17, 15) is 14.9 Å². The molecular weight excluding hydrogens is 186 g/mol. The van der Waals surface area contributed by atoms with Crippen molar-refractivity contribution in [2.24, 2.45) is 0 Å². The van der Waals surface area contributed by atoms with Gasteiger partial charge in [-0.25, -0.2) is 0 Å². The zero-order chi connectivity index (χ0) is 10.6. The Bertz CT molecular complexity index is 350. The molecule has 14 heavy (non-hydrogen) atoms. The minimum absolute atomic E-state index is 0.108. The molecule has 0 spiro atoms. The third-order valence-electron chi connectivity index (χ3n) is 1.57. The molecule has 1 rings (SSSR count). The van der Waals surface area contributed by atoms with Gasteiger partial charge in [0.05, 0.1) is 4.92 Å². The Kier molecular flexibility index (Phi) is 3.17. The molecule has 0 N–H and O–H groups in total. The molecule has 0 saturated carbocycles. The van der Waals surface area contributed by atoms with Crippen LogP contribution in [-0.4, -0.2) is 17.3 Å². The van der Waals surface area contributed by atoms with E-state index >= 15 is 0 Å². The SMILES string of the molecule is CC(C=O)Oc1ccccc1[N+](=O)[O-]. The molecule has 1 aromatic rings. The first-order valence-electron chi connectivity index (χ1n) is 4.00. The maximum Gasteiger partial charge on any atom is 0.310 e. The van der Waals surface area contributed by atoms with Gasteiger partial charge in [0.2, 0.25) is 0 Å². The van der Waals surface area contributed by atoms with Crippen molar-refractivity contribution in [3.8, 4) is 5.75 Å². The van der Waals surface area contributed by atoms with Crippen molar-refractivity contribution in [2.75, 3.05) is 0 Å². The van der Waals surface area contributed by atoms with Crippen LogP contribution in [0.25, 0.3) is 0 Å². The Balaban J connectivity index is 2.95. The smallest absolute Gasteiger partial charge is 0.310 e. The Hall–Kier alpha value is -1.91. The van der Waals surface area contributed by atoms with E-state index in [-0.39, 0.29) is 11.4 Å². The minimum atomic E-state index is -0.684. The van der Waals surface area contributed by atoms with E-state index in [1.807, 2.05) is 0 Å². The van der Waals surface area contributed by atoms with Crippen molar-refractivity contribution in [3.63, 3.8) is 0 Å². The van der Waals surface area contributed by atoms with Gasteiger partial charge in [-0.1, -0.05) is 12.1 Å². The predicted octanol–water partition coefficient (Wildman–Crippen LogP) is 1.56. The van der Waals surface area contributed by atoms with Crippen molar-refractivity contribution < 1.29 is 14.5 Å². The van der Waals surface area contributed by atoms with Crippen LogP contribution in [0.3, 0.4) is 0 Å². The van der Waals surface area contributed by atoms with Crippen LogP contribution in [0.5, 0.6) is 5.75 Å². The second-order valence-electron chi connectivity index (χ2n) is 2.68. The van der Waals surface area contributed by atoms with E-state index < -0.39 is 11.0 Å². The number of hydrogen-bond donors (Lipinski definition) is 0. The van der Waals surface area contributed by atoms with Crippen LogP contribution in [0, 0.1) is 10.1 Å². The van der Waals surface area contributed by atoms with Gasteiger partial charge in [0.15, 0.2) is 18.1 Å². The molecule has 0 aromatic heterocycles. The van der Waals surface area contributed by atoms with E-state index in [2.05, 4.69) is 0 Å². The lowest BCUT2D eigenvalue weighted by atomic mass is 10.3. The Morgan fingerprint density at radius 1 is 1.50 bits per heavy atom. The summed E-state index contributed by atoms with van der Waals surface area (Å²) in [6.45, 7) is 1.52. The number of rotatable bonds is 4. The highest BCUT2D eigenvalue weighted by atomic mass is 16.6. The number of carbonyl (C=O) groups excluding carboxylic acids is 1. The quantitative estimate of drug-likeness (QED) is 0.415. The van der Waals surface area contributed by atoms with Gasteiger partial charge in [-0.2, -0.15) is 0 Å². The molecule has 0 radical (unpaired) electrons. The molecule has 1 aromatic carbocycles. The number of para-hydroxylation sites is 2. The molecule has 0 bridgehead atoms. The molecule has 5 nitrogen and oxygen atoms in total. The van der Waals surface area contributed by atoms with Crippen molar-refractivity contribution in [2.45, 2.75) is 13.0 Å². The summed E-state index contributed by atoms with van der Waals surface area (Å²) < 4.78 is 5.05. The summed E-state index contributed by atoms with van der Waals surface area (Å²) in [7, 11) is 0. The first kappa shape index (κ1) is 10.2. The molecule has 0 aliphatic carbocycles. The lowest BCUT2D eigenvalue weighted by Crippen LogP contribution is -2.13. The molecule has 0 aliphatic rings. The highest BCUT2D eigenvalue weighted by Crippen LogP contribution is 2.26. The topological polar surface area (TPSA) is 69.4 Å². The van der Waals surface area contributed by atoms with Crippen LogP contribution < -0.4 is 4.74 Å². The van der Waals surface area contributed by atoms with E-state index in [1.165, 1.54) is 25.1 Å². The molecule has 0 aliphatic heterocycles. The highest BCUT2D eigenvalue weighted by molar-refractivity contribution is 5.57. The van der Waals surface area contributed by atoms with Gasteiger partial charge in [-0.05, 0) is 13.0 Å². The van der Waals surface area contributed by atoms with Crippen LogP contribution in [0.1, 0.15) is 6.92 Å². The number of nitro benzene ring substituents is 1. The summed E-state index contributed by atoms with van der Waals surface area (Å²) in [6.07, 6.45) is -0.104. The van der Waals surface area contributed by atoms with Gasteiger partial charge in [-0.3, -0.25) is 14.9 Å². The minimum Gasteiger partial charge on any atom is -0.476 e. The largest absolute Gasteiger partial charge is 0.476 e.